The number of nitriles is 1. The third kappa shape index (κ3) is 1.44. The zero-order valence-corrected chi connectivity index (χ0v) is 9.06. The van der Waals surface area contributed by atoms with Crippen LogP contribution in [0.25, 0.3) is 0 Å². The van der Waals surface area contributed by atoms with Gasteiger partial charge in [-0.3, -0.25) is 0 Å². The van der Waals surface area contributed by atoms with Crippen molar-refractivity contribution in [2.24, 2.45) is 5.92 Å². The molecule has 3 rings (SSSR count). The third-order valence-electron chi connectivity index (χ3n) is 3.64. The van der Waals surface area contributed by atoms with E-state index >= 15 is 0 Å². The van der Waals surface area contributed by atoms with Crippen LogP contribution < -0.4 is 10.2 Å². The number of anilines is 1. The van der Waals surface area contributed by atoms with Crippen molar-refractivity contribution in [2.45, 2.75) is 12.5 Å². The van der Waals surface area contributed by atoms with Crippen LogP contribution in [0.2, 0.25) is 0 Å². The summed E-state index contributed by atoms with van der Waals surface area (Å²) in [5.41, 5.74) is 1.64. The average molecular weight is 214 g/mol. The summed E-state index contributed by atoms with van der Waals surface area (Å²) in [6.45, 7) is 3.33. The van der Waals surface area contributed by atoms with Gasteiger partial charge in [0.05, 0.1) is 11.9 Å². The lowest BCUT2D eigenvalue weighted by atomic mass is 10.1. The Bertz CT molecular complexity index is 420. The summed E-state index contributed by atoms with van der Waals surface area (Å²) in [5, 5.41) is 12.1. The summed E-state index contributed by atoms with van der Waals surface area (Å²) in [7, 11) is 0. The van der Waals surface area contributed by atoms with Crippen LogP contribution in [-0.4, -0.2) is 30.7 Å². The molecule has 3 heterocycles. The fraction of sp³-hybridized carbons (Fsp3) is 0.500. The monoisotopic (exact) mass is 214 g/mol. The number of rotatable bonds is 1. The highest BCUT2D eigenvalue weighted by atomic mass is 15.2. The van der Waals surface area contributed by atoms with Crippen molar-refractivity contribution in [3.63, 3.8) is 0 Å². The second-order valence-corrected chi connectivity index (χ2v) is 4.48. The molecule has 2 aliphatic heterocycles. The van der Waals surface area contributed by atoms with E-state index in [0.717, 1.165) is 31.2 Å². The highest BCUT2D eigenvalue weighted by Crippen LogP contribution is 2.31. The van der Waals surface area contributed by atoms with E-state index in [2.05, 4.69) is 15.2 Å². The van der Waals surface area contributed by atoms with Crippen LogP contribution in [0.5, 0.6) is 0 Å². The Hall–Kier alpha value is -1.60. The highest BCUT2D eigenvalue weighted by Gasteiger charge is 2.37. The zero-order valence-electron chi connectivity index (χ0n) is 9.06. The predicted octanol–water partition coefficient (Wildman–Crippen LogP) is 0.751. The van der Waals surface area contributed by atoms with Crippen LogP contribution >= 0.6 is 0 Å². The van der Waals surface area contributed by atoms with Gasteiger partial charge in [0.1, 0.15) is 11.8 Å². The van der Waals surface area contributed by atoms with Crippen molar-refractivity contribution in [2.75, 3.05) is 24.5 Å². The summed E-state index contributed by atoms with van der Waals surface area (Å²) >= 11 is 0. The van der Waals surface area contributed by atoms with E-state index in [4.69, 9.17) is 5.26 Å². The molecule has 4 nitrogen and oxygen atoms in total. The van der Waals surface area contributed by atoms with Gasteiger partial charge >= 0.3 is 0 Å². The van der Waals surface area contributed by atoms with Crippen LogP contribution in [0.15, 0.2) is 18.3 Å². The molecule has 82 valence electrons. The Morgan fingerprint density at radius 1 is 1.44 bits per heavy atom. The second kappa shape index (κ2) is 3.76. The van der Waals surface area contributed by atoms with Crippen LogP contribution in [0.4, 0.5) is 5.69 Å². The quantitative estimate of drug-likeness (QED) is 0.749. The van der Waals surface area contributed by atoms with Gasteiger partial charge in [0.2, 0.25) is 0 Å². The Morgan fingerprint density at radius 3 is 3.12 bits per heavy atom. The average Bonchev–Trinajstić information content (AvgIpc) is 2.91. The molecule has 0 saturated carbocycles. The molecule has 0 aromatic carbocycles. The minimum absolute atomic E-state index is 0.490. The minimum atomic E-state index is 0.490. The van der Waals surface area contributed by atoms with Gasteiger partial charge in [0.25, 0.3) is 0 Å². The van der Waals surface area contributed by atoms with Crippen molar-refractivity contribution in [3.8, 4) is 6.07 Å². The Balaban J connectivity index is 1.84. The smallest absolute Gasteiger partial charge is 0.140 e. The van der Waals surface area contributed by atoms with Gasteiger partial charge in [-0.1, -0.05) is 0 Å². The molecule has 16 heavy (non-hydrogen) atoms. The molecule has 2 atom stereocenters. The van der Waals surface area contributed by atoms with E-state index in [0.29, 0.717) is 11.7 Å². The molecule has 0 radical (unpaired) electrons. The molecule has 0 unspecified atom stereocenters. The SMILES string of the molecule is N#Cc1ccc(N2CC[C@H]3CNC[C@H]32)cn1. The van der Waals surface area contributed by atoms with E-state index < -0.39 is 0 Å². The number of hydrogen-bond donors (Lipinski definition) is 1. The molecule has 0 amide bonds. The topological polar surface area (TPSA) is 52.0 Å². The molecule has 2 saturated heterocycles. The predicted molar refractivity (Wildman–Crippen MR) is 61.1 cm³/mol. The van der Waals surface area contributed by atoms with E-state index in [1.165, 1.54) is 6.42 Å². The van der Waals surface area contributed by atoms with Gasteiger partial charge < -0.3 is 10.2 Å². The molecule has 0 bridgehead atoms. The Kier molecular flexibility index (Phi) is 2.26. The summed E-state index contributed by atoms with van der Waals surface area (Å²) in [6, 6.07) is 6.47. The first-order chi connectivity index (χ1) is 7.88. The number of aromatic nitrogens is 1. The first-order valence-electron chi connectivity index (χ1n) is 5.72. The number of pyridine rings is 1. The molecule has 0 spiro atoms. The summed E-state index contributed by atoms with van der Waals surface area (Å²) in [4.78, 5) is 6.55. The maximum atomic E-state index is 8.71. The molecule has 2 fully saturated rings. The van der Waals surface area contributed by atoms with Gasteiger partial charge in [-0.2, -0.15) is 5.26 Å². The molecule has 1 N–H and O–H groups in total. The molecular formula is C12H14N4. The Labute approximate surface area is 94.9 Å². The van der Waals surface area contributed by atoms with Gasteiger partial charge in [0, 0.05) is 25.7 Å². The van der Waals surface area contributed by atoms with Crippen molar-refractivity contribution in [1.82, 2.24) is 10.3 Å². The maximum absolute atomic E-state index is 8.71. The standard InChI is InChI=1S/C12H14N4/c13-5-10-1-2-11(7-15-10)16-4-3-9-6-14-8-12(9)16/h1-2,7,9,12,14H,3-4,6,8H2/t9-,12+/m0/s1. The maximum Gasteiger partial charge on any atom is 0.140 e. The fourth-order valence-corrected chi connectivity index (χ4v) is 2.79. The van der Waals surface area contributed by atoms with Crippen LogP contribution in [-0.2, 0) is 0 Å². The number of hydrogen-bond acceptors (Lipinski definition) is 4. The van der Waals surface area contributed by atoms with Gasteiger partial charge in [-0.15, -0.1) is 0 Å². The van der Waals surface area contributed by atoms with E-state index in [1.807, 2.05) is 18.3 Å². The summed E-state index contributed by atoms with van der Waals surface area (Å²) in [6.07, 6.45) is 3.08. The first-order valence-corrected chi connectivity index (χ1v) is 5.72. The summed E-state index contributed by atoms with van der Waals surface area (Å²) in [5.74, 6) is 0.788. The zero-order chi connectivity index (χ0) is 11.0. The molecule has 1 aromatic rings. The van der Waals surface area contributed by atoms with E-state index in [-0.39, 0.29) is 0 Å². The van der Waals surface area contributed by atoms with Gasteiger partial charge in [-0.05, 0) is 24.5 Å². The molecule has 2 aliphatic rings. The normalized spacial score (nSPS) is 27.8. The molecular weight excluding hydrogens is 200 g/mol. The second-order valence-electron chi connectivity index (χ2n) is 4.48. The minimum Gasteiger partial charge on any atom is -0.366 e. The molecule has 4 heteroatoms. The fourth-order valence-electron chi connectivity index (χ4n) is 2.79. The lowest BCUT2D eigenvalue weighted by Crippen LogP contribution is -2.34. The number of nitrogens with one attached hydrogen (secondary N) is 1. The van der Waals surface area contributed by atoms with Gasteiger partial charge in [-0.25, -0.2) is 4.98 Å². The molecule has 0 aliphatic carbocycles. The van der Waals surface area contributed by atoms with Crippen LogP contribution in [0, 0.1) is 17.2 Å². The van der Waals surface area contributed by atoms with E-state index in [1.54, 1.807) is 6.07 Å². The summed E-state index contributed by atoms with van der Waals surface area (Å²) < 4.78 is 0. The van der Waals surface area contributed by atoms with Crippen molar-refractivity contribution in [1.29, 1.82) is 5.26 Å². The third-order valence-corrected chi connectivity index (χ3v) is 3.64. The first kappa shape index (κ1) is 9.61. The lowest BCUT2D eigenvalue weighted by molar-refractivity contribution is 0.578. The number of nitrogens with zero attached hydrogens (tertiary/aromatic N) is 3. The lowest BCUT2D eigenvalue weighted by Gasteiger charge is -2.25. The van der Waals surface area contributed by atoms with Crippen molar-refractivity contribution < 1.29 is 0 Å². The van der Waals surface area contributed by atoms with Crippen molar-refractivity contribution >= 4 is 5.69 Å². The van der Waals surface area contributed by atoms with Crippen molar-refractivity contribution in [3.05, 3.63) is 24.0 Å². The van der Waals surface area contributed by atoms with Crippen LogP contribution in [0.1, 0.15) is 12.1 Å². The number of fused-ring (bicyclic) bond motifs is 1. The van der Waals surface area contributed by atoms with E-state index in [9.17, 15) is 0 Å². The largest absolute Gasteiger partial charge is 0.366 e. The highest BCUT2D eigenvalue weighted by molar-refractivity contribution is 5.48. The molecule has 1 aromatic heterocycles. The van der Waals surface area contributed by atoms with Gasteiger partial charge in [0.15, 0.2) is 0 Å². The Morgan fingerprint density at radius 2 is 2.38 bits per heavy atom. The van der Waals surface area contributed by atoms with Crippen LogP contribution in [0.3, 0.4) is 0 Å².